The molecule has 0 aliphatic rings. The highest BCUT2D eigenvalue weighted by Crippen LogP contribution is 2.26. The van der Waals surface area contributed by atoms with Gasteiger partial charge in [-0.15, -0.1) is 0 Å². The lowest BCUT2D eigenvalue weighted by Gasteiger charge is -2.06. The minimum atomic E-state index is 0.324. The highest BCUT2D eigenvalue weighted by molar-refractivity contribution is 5.94. The van der Waals surface area contributed by atoms with Crippen LogP contribution in [-0.4, -0.2) is 21.6 Å². The van der Waals surface area contributed by atoms with Crippen molar-refractivity contribution < 1.29 is 4.74 Å². The highest BCUT2D eigenvalue weighted by Gasteiger charge is 2.08. The van der Waals surface area contributed by atoms with Crippen molar-refractivity contribution in [2.45, 2.75) is 13.3 Å². The molecular formula is C16H14N3O. The van der Waals surface area contributed by atoms with Crippen LogP contribution in [0.4, 0.5) is 0 Å². The summed E-state index contributed by atoms with van der Waals surface area (Å²) in [5.74, 6) is 0.586. The fraction of sp³-hybridized carbons (Fsp3) is 0.188. The Bertz CT molecular complexity index is 722. The Morgan fingerprint density at radius 2 is 1.90 bits per heavy atom. The fourth-order valence-electron chi connectivity index (χ4n) is 2.05. The molecule has 0 fully saturated rings. The number of ether oxygens (including phenoxy) is 1. The number of aromatic nitrogens is 3. The molecule has 0 saturated carbocycles. The molecule has 0 spiro atoms. The molecule has 0 saturated heterocycles. The maximum Gasteiger partial charge on any atom is 0.320 e. The second-order valence-electron chi connectivity index (χ2n) is 4.42. The molecule has 4 heteroatoms. The third-order valence-electron chi connectivity index (χ3n) is 2.97. The third-order valence-corrected chi connectivity index (χ3v) is 2.97. The second-order valence-corrected chi connectivity index (χ2v) is 4.42. The van der Waals surface area contributed by atoms with Crippen molar-refractivity contribution >= 4 is 10.8 Å². The second kappa shape index (κ2) is 5.65. The molecule has 3 rings (SSSR count). The van der Waals surface area contributed by atoms with Crippen LogP contribution < -0.4 is 4.74 Å². The summed E-state index contributed by atoms with van der Waals surface area (Å²) >= 11 is 0. The van der Waals surface area contributed by atoms with Crippen LogP contribution in [0.25, 0.3) is 22.2 Å². The highest BCUT2D eigenvalue weighted by atomic mass is 16.5. The van der Waals surface area contributed by atoms with Gasteiger partial charge in [-0.3, -0.25) is 0 Å². The molecule has 0 atom stereocenters. The van der Waals surface area contributed by atoms with Crippen LogP contribution >= 0.6 is 0 Å². The molecule has 0 N–H and O–H groups in total. The summed E-state index contributed by atoms with van der Waals surface area (Å²) in [5, 5.41) is 2.26. The smallest absolute Gasteiger partial charge is 0.320 e. The number of hydrogen-bond donors (Lipinski definition) is 0. The number of hydrogen-bond acceptors (Lipinski definition) is 4. The first-order valence-corrected chi connectivity index (χ1v) is 6.61. The van der Waals surface area contributed by atoms with E-state index in [9.17, 15) is 0 Å². The Morgan fingerprint density at radius 1 is 1.05 bits per heavy atom. The molecule has 1 radical (unpaired) electrons. The van der Waals surface area contributed by atoms with E-state index in [4.69, 9.17) is 4.74 Å². The standard InChI is InChI=1S/C16H14N3O/c1-2-10-20-16-18-11-17-15(19-16)14-9-5-7-12-6-3-4-8-13(12)14/h3-9H,2,10H2,1H3. The van der Waals surface area contributed by atoms with Gasteiger partial charge in [-0.25, -0.2) is 4.98 Å². The topological polar surface area (TPSA) is 47.9 Å². The van der Waals surface area contributed by atoms with E-state index in [1.165, 1.54) is 0 Å². The van der Waals surface area contributed by atoms with Crippen molar-refractivity contribution in [1.29, 1.82) is 0 Å². The van der Waals surface area contributed by atoms with E-state index in [0.29, 0.717) is 18.4 Å². The predicted octanol–water partition coefficient (Wildman–Crippen LogP) is 3.28. The lowest BCUT2D eigenvalue weighted by molar-refractivity contribution is 0.291. The van der Waals surface area contributed by atoms with Crippen molar-refractivity contribution in [3.05, 3.63) is 48.8 Å². The summed E-state index contributed by atoms with van der Waals surface area (Å²) in [5.41, 5.74) is 0.961. The van der Waals surface area contributed by atoms with Crippen LogP contribution in [0.2, 0.25) is 0 Å². The summed E-state index contributed by atoms with van der Waals surface area (Å²) in [6.45, 7) is 2.63. The molecule has 1 aromatic heterocycles. The molecule has 0 aliphatic carbocycles. The van der Waals surface area contributed by atoms with Crippen LogP contribution in [0.15, 0.2) is 42.5 Å². The molecule has 2 aromatic carbocycles. The first-order chi connectivity index (χ1) is 9.88. The molecule has 0 unspecified atom stereocenters. The maximum atomic E-state index is 5.44. The molecule has 1 heterocycles. The lowest BCUT2D eigenvalue weighted by Crippen LogP contribution is -2.02. The molecular weight excluding hydrogens is 250 g/mol. The van der Waals surface area contributed by atoms with E-state index in [1.807, 2.05) is 31.2 Å². The van der Waals surface area contributed by atoms with Gasteiger partial charge in [0.2, 0.25) is 6.33 Å². The fourth-order valence-corrected chi connectivity index (χ4v) is 2.05. The SMILES string of the molecule is CCCOc1n[c]nc(-c2cccc3ccccc23)n1. The molecule has 0 bridgehead atoms. The lowest BCUT2D eigenvalue weighted by atomic mass is 10.0. The number of fused-ring (bicyclic) bond motifs is 1. The van der Waals surface area contributed by atoms with E-state index in [0.717, 1.165) is 22.8 Å². The molecule has 99 valence electrons. The first-order valence-electron chi connectivity index (χ1n) is 6.61. The van der Waals surface area contributed by atoms with Crippen LogP contribution in [0.3, 0.4) is 0 Å². The van der Waals surface area contributed by atoms with Gasteiger partial charge in [0.15, 0.2) is 5.82 Å². The van der Waals surface area contributed by atoms with E-state index in [-0.39, 0.29) is 0 Å². The molecule has 0 amide bonds. The predicted molar refractivity (Wildman–Crippen MR) is 77.4 cm³/mol. The van der Waals surface area contributed by atoms with E-state index < -0.39 is 0 Å². The van der Waals surface area contributed by atoms with Gasteiger partial charge in [0, 0.05) is 5.56 Å². The van der Waals surface area contributed by atoms with E-state index in [1.54, 1.807) is 0 Å². The summed E-state index contributed by atoms with van der Waals surface area (Å²) in [6, 6.07) is 14.5. The Hall–Kier alpha value is -2.49. The largest absolute Gasteiger partial charge is 0.463 e. The normalized spacial score (nSPS) is 10.7. The van der Waals surface area contributed by atoms with Gasteiger partial charge >= 0.3 is 6.01 Å². The van der Waals surface area contributed by atoms with Crippen molar-refractivity contribution in [3.8, 4) is 17.4 Å². The average molecular weight is 264 g/mol. The van der Waals surface area contributed by atoms with Gasteiger partial charge in [0.05, 0.1) is 6.61 Å². The zero-order chi connectivity index (χ0) is 13.8. The first kappa shape index (κ1) is 12.5. The van der Waals surface area contributed by atoms with Crippen LogP contribution in [0, 0.1) is 6.33 Å². The number of benzene rings is 2. The van der Waals surface area contributed by atoms with Gasteiger partial charge in [0.25, 0.3) is 0 Å². The maximum absolute atomic E-state index is 5.44. The number of rotatable bonds is 4. The minimum Gasteiger partial charge on any atom is -0.463 e. The van der Waals surface area contributed by atoms with Crippen LogP contribution in [-0.2, 0) is 0 Å². The Morgan fingerprint density at radius 3 is 2.80 bits per heavy atom. The summed E-state index contributed by atoms with van der Waals surface area (Å²) in [4.78, 5) is 12.4. The quantitative estimate of drug-likeness (QED) is 0.725. The molecule has 0 aliphatic heterocycles. The van der Waals surface area contributed by atoms with Gasteiger partial charge in [0.1, 0.15) is 0 Å². The van der Waals surface area contributed by atoms with Crippen molar-refractivity contribution in [1.82, 2.24) is 15.0 Å². The zero-order valence-electron chi connectivity index (χ0n) is 11.2. The van der Waals surface area contributed by atoms with Crippen molar-refractivity contribution in [2.24, 2.45) is 0 Å². The number of nitrogens with zero attached hydrogens (tertiary/aromatic N) is 3. The van der Waals surface area contributed by atoms with Gasteiger partial charge < -0.3 is 4.74 Å². The van der Waals surface area contributed by atoms with Crippen molar-refractivity contribution in [2.75, 3.05) is 6.61 Å². The van der Waals surface area contributed by atoms with Crippen LogP contribution in [0.5, 0.6) is 6.01 Å². The minimum absolute atomic E-state index is 0.324. The average Bonchev–Trinajstić information content (AvgIpc) is 2.52. The monoisotopic (exact) mass is 264 g/mol. The third kappa shape index (κ3) is 2.45. The molecule has 4 nitrogen and oxygen atoms in total. The molecule has 20 heavy (non-hydrogen) atoms. The zero-order valence-corrected chi connectivity index (χ0v) is 11.2. The summed E-state index contributed by atoms with van der Waals surface area (Å²) in [7, 11) is 0. The Labute approximate surface area is 117 Å². The summed E-state index contributed by atoms with van der Waals surface area (Å²) in [6.07, 6.45) is 3.53. The Kier molecular flexibility index (Phi) is 3.54. The molecule has 3 aromatic rings. The van der Waals surface area contributed by atoms with Crippen LogP contribution in [0.1, 0.15) is 13.3 Å². The van der Waals surface area contributed by atoms with Crippen molar-refractivity contribution in [3.63, 3.8) is 0 Å². The summed E-state index contributed by atoms with van der Waals surface area (Å²) < 4.78 is 5.44. The van der Waals surface area contributed by atoms with Gasteiger partial charge in [-0.1, -0.05) is 49.4 Å². The Balaban J connectivity index is 2.06. The van der Waals surface area contributed by atoms with Gasteiger partial charge in [-0.05, 0) is 17.2 Å². The van der Waals surface area contributed by atoms with E-state index >= 15 is 0 Å². The van der Waals surface area contributed by atoms with E-state index in [2.05, 4.69) is 39.5 Å². The van der Waals surface area contributed by atoms with Gasteiger partial charge in [-0.2, -0.15) is 9.97 Å².